The van der Waals surface area contributed by atoms with Crippen molar-refractivity contribution in [3.63, 3.8) is 0 Å². The van der Waals surface area contributed by atoms with Crippen LogP contribution in [-0.2, 0) is 0 Å². The first kappa shape index (κ1) is 11.9. The van der Waals surface area contributed by atoms with Crippen LogP contribution in [0.25, 0.3) is 0 Å². The minimum Gasteiger partial charge on any atom is -0.356 e. The van der Waals surface area contributed by atoms with Crippen molar-refractivity contribution in [1.82, 2.24) is 15.7 Å². The van der Waals surface area contributed by atoms with Crippen molar-refractivity contribution in [1.29, 1.82) is 0 Å². The molecular formula is C9H17N5S. The number of hydrogen-bond donors (Lipinski definition) is 3. The Morgan fingerprint density at radius 1 is 1.73 bits per heavy atom. The van der Waals surface area contributed by atoms with Gasteiger partial charge in [0.05, 0.1) is 11.6 Å². The van der Waals surface area contributed by atoms with Crippen LogP contribution in [0.4, 0.5) is 0 Å². The van der Waals surface area contributed by atoms with E-state index in [0.29, 0.717) is 18.4 Å². The lowest BCUT2D eigenvalue weighted by Gasteiger charge is -2.08. The van der Waals surface area contributed by atoms with E-state index >= 15 is 0 Å². The van der Waals surface area contributed by atoms with Gasteiger partial charge in [-0.05, 0) is 6.92 Å². The Balaban J connectivity index is 2.47. The normalized spacial score (nSPS) is 13.7. The van der Waals surface area contributed by atoms with Gasteiger partial charge in [-0.15, -0.1) is 11.3 Å². The number of aliphatic imine (C=N–C) groups is 1. The molecule has 0 spiro atoms. The molecular weight excluding hydrogens is 210 g/mol. The standard InChI is InChI=1S/C9H17N5S/c1-3-11-9(14-10)13-6-7(2)8-12-4-5-15-8/h4-5,7H,3,6,10H2,1-2H3,(H2,11,13,14). The molecule has 0 saturated heterocycles. The highest BCUT2D eigenvalue weighted by atomic mass is 32.1. The zero-order valence-corrected chi connectivity index (χ0v) is 9.84. The topological polar surface area (TPSA) is 75.3 Å². The van der Waals surface area contributed by atoms with Gasteiger partial charge >= 0.3 is 0 Å². The van der Waals surface area contributed by atoms with Gasteiger partial charge in [0, 0.05) is 24.0 Å². The van der Waals surface area contributed by atoms with Gasteiger partial charge in [0.2, 0.25) is 5.96 Å². The van der Waals surface area contributed by atoms with E-state index in [0.717, 1.165) is 11.6 Å². The summed E-state index contributed by atoms with van der Waals surface area (Å²) in [6.45, 7) is 5.58. The molecule has 1 aromatic rings. The third-order valence-electron chi connectivity index (χ3n) is 1.88. The number of rotatable bonds is 4. The first-order valence-corrected chi connectivity index (χ1v) is 5.80. The van der Waals surface area contributed by atoms with Crippen LogP contribution in [0.15, 0.2) is 16.6 Å². The van der Waals surface area contributed by atoms with Crippen LogP contribution in [0.2, 0.25) is 0 Å². The van der Waals surface area contributed by atoms with E-state index in [2.05, 4.69) is 27.6 Å². The van der Waals surface area contributed by atoms with Crippen LogP contribution >= 0.6 is 11.3 Å². The Morgan fingerprint density at radius 2 is 2.53 bits per heavy atom. The van der Waals surface area contributed by atoms with Crippen molar-refractivity contribution in [3.05, 3.63) is 16.6 Å². The van der Waals surface area contributed by atoms with Crippen LogP contribution in [0, 0.1) is 0 Å². The fourth-order valence-corrected chi connectivity index (χ4v) is 1.79. The summed E-state index contributed by atoms with van der Waals surface area (Å²) in [6, 6.07) is 0. The number of hydrazine groups is 1. The van der Waals surface area contributed by atoms with Crippen molar-refractivity contribution < 1.29 is 0 Å². The summed E-state index contributed by atoms with van der Waals surface area (Å²) in [5, 5.41) is 6.11. The van der Waals surface area contributed by atoms with E-state index < -0.39 is 0 Å². The quantitative estimate of drug-likeness (QED) is 0.306. The highest BCUT2D eigenvalue weighted by molar-refractivity contribution is 7.09. The van der Waals surface area contributed by atoms with Crippen molar-refractivity contribution in [3.8, 4) is 0 Å². The molecule has 0 aliphatic rings. The maximum atomic E-state index is 5.31. The number of guanidine groups is 1. The largest absolute Gasteiger partial charge is 0.356 e. The summed E-state index contributed by atoms with van der Waals surface area (Å²) in [6.07, 6.45) is 1.81. The third-order valence-corrected chi connectivity index (χ3v) is 2.88. The van der Waals surface area contributed by atoms with Gasteiger partial charge in [0.15, 0.2) is 0 Å². The Hall–Kier alpha value is -1.14. The maximum Gasteiger partial charge on any atom is 0.205 e. The number of nitrogens with one attached hydrogen (secondary N) is 2. The minimum absolute atomic E-state index is 0.326. The molecule has 0 aliphatic carbocycles. The van der Waals surface area contributed by atoms with Gasteiger partial charge in [-0.3, -0.25) is 10.4 Å². The molecule has 0 fully saturated rings. The van der Waals surface area contributed by atoms with Gasteiger partial charge < -0.3 is 5.32 Å². The molecule has 0 aliphatic heterocycles. The molecule has 1 rings (SSSR count). The summed E-state index contributed by atoms with van der Waals surface area (Å²) in [7, 11) is 0. The third kappa shape index (κ3) is 3.85. The van der Waals surface area contributed by atoms with Crippen molar-refractivity contribution in [2.24, 2.45) is 10.8 Å². The lowest BCUT2D eigenvalue weighted by Crippen LogP contribution is -2.41. The molecule has 4 N–H and O–H groups in total. The summed E-state index contributed by atoms with van der Waals surface area (Å²) in [4.78, 5) is 8.57. The molecule has 1 unspecified atom stereocenters. The SMILES string of the molecule is CCNC(=NCC(C)c1nccs1)NN. The number of aromatic nitrogens is 1. The van der Waals surface area contributed by atoms with E-state index in [1.54, 1.807) is 11.3 Å². The molecule has 1 aromatic heterocycles. The van der Waals surface area contributed by atoms with Crippen molar-refractivity contribution >= 4 is 17.3 Å². The Labute approximate surface area is 93.8 Å². The summed E-state index contributed by atoms with van der Waals surface area (Å²) in [5.41, 5.74) is 2.53. The van der Waals surface area contributed by atoms with Crippen molar-refractivity contribution in [2.45, 2.75) is 19.8 Å². The Morgan fingerprint density at radius 3 is 3.07 bits per heavy atom. The van der Waals surface area contributed by atoms with Gasteiger partial charge in [-0.2, -0.15) is 0 Å². The van der Waals surface area contributed by atoms with Gasteiger partial charge in [0.1, 0.15) is 0 Å². The molecule has 84 valence electrons. The predicted octanol–water partition coefficient (Wildman–Crippen LogP) is 0.675. The van der Waals surface area contributed by atoms with Gasteiger partial charge in [-0.1, -0.05) is 6.92 Å². The zero-order valence-electron chi connectivity index (χ0n) is 9.03. The van der Waals surface area contributed by atoms with Gasteiger partial charge in [-0.25, -0.2) is 10.8 Å². The van der Waals surface area contributed by atoms with Crippen molar-refractivity contribution in [2.75, 3.05) is 13.1 Å². The molecule has 0 bridgehead atoms. The van der Waals surface area contributed by atoms with E-state index in [1.807, 2.05) is 18.5 Å². The summed E-state index contributed by atoms with van der Waals surface area (Å²) < 4.78 is 0. The fraction of sp³-hybridized carbons (Fsp3) is 0.556. The van der Waals surface area contributed by atoms with E-state index in [4.69, 9.17) is 5.84 Å². The molecule has 15 heavy (non-hydrogen) atoms. The average molecular weight is 227 g/mol. The molecule has 0 aromatic carbocycles. The van der Waals surface area contributed by atoms with E-state index in [9.17, 15) is 0 Å². The van der Waals surface area contributed by atoms with Gasteiger partial charge in [0.25, 0.3) is 0 Å². The van der Waals surface area contributed by atoms with Crippen LogP contribution in [0.1, 0.15) is 24.8 Å². The minimum atomic E-state index is 0.326. The van der Waals surface area contributed by atoms with Crippen LogP contribution in [0.5, 0.6) is 0 Å². The molecule has 1 heterocycles. The molecule has 0 radical (unpaired) electrons. The Bertz CT molecular complexity index is 295. The van der Waals surface area contributed by atoms with Crippen LogP contribution in [-0.4, -0.2) is 24.0 Å². The number of nitrogens with two attached hydrogens (primary N) is 1. The number of nitrogens with zero attached hydrogens (tertiary/aromatic N) is 2. The second-order valence-corrected chi connectivity index (χ2v) is 4.06. The predicted molar refractivity (Wildman–Crippen MR) is 63.8 cm³/mol. The average Bonchev–Trinajstić information content (AvgIpc) is 2.77. The summed E-state index contributed by atoms with van der Waals surface area (Å²) in [5.74, 6) is 6.26. The molecule has 5 nitrogen and oxygen atoms in total. The molecule has 1 atom stereocenters. The highest BCUT2D eigenvalue weighted by Gasteiger charge is 2.07. The lowest BCUT2D eigenvalue weighted by atomic mass is 10.2. The second-order valence-electron chi connectivity index (χ2n) is 3.14. The second kappa shape index (κ2) is 6.36. The monoisotopic (exact) mass is 227 g/mol. The molecule has 0 saturated carbocycles. The van der Waals surface area contributed by atoms with E-state index in [1.165, 1.54) is 0 Å². The number of thiazole rings is 1. The van der Waals surface area contributed by atoms with Crippen LogP contribution < -0.4 is 16.6 Å². The number of hydrogen-bond acceptors (Lipinski definition) is 4. The Kier molecular flexibility index (Phi) is 5.06. The highest BCUT2D eigenvalue weighted by Crippen LogP contribution is 2.17. The maximum absolute atomic E-state index is 5.31. The van der Waals surface area contributed by atoms with Crippen LogP contribution in [0.3, 0.4) is 0 Å². The lowest BCUT2D eigenvalue weighted by molar-refractivity contribution is 0.749. The molecule has 6 heteroatoms. The molecule has 0 amide bonds. The fourth-order valence-electron chi connectivity index (χ4n) is 1.10. The smallest absolute Gasteiger partial charge is 0.205 e. The zero-order chi connectivity index (χ0) is 11.1. The van der Waals surface area contributed by atoms with E-state index in [-0.39, 0.29) is 0 Å². The first-order chi connectivity index (χ1) is 7.27. The summed E-state index contributed by atoms with van der Waals surface area (Å²) >= 11 is 1.65. The first-order valence-electron chi connectivity index (χ1n) is 4.92.